The minimum Gasteiger partial charge on any atom is -0.466 e. The lowest BCUT2D eigenvalue weighted by molar-refractivity contribution is -0.148. The lowest BCUT2D eigenvalue weighted by Crippen LogP contribution is -2.24. The molecule has 0 saturated heterocycles. The topological polar surface area (TPSA) is 55.0 Å². The number of fused-ring (bicyclic) bond motifs is 1. The van der Waals surface area contributed by atoms with Gasteiger partial charge in [-0.1, -0.05) is 0 Å². The van der Waals surface area contributed by atoms with Gasteiger partial charge in [-0.05, 0) is 31.7 Å². The Morgan fingerprint density at radius 3 is 3.43 bits per heavy atom. The number of carbonyl (C=O) groups is 1. The van der Waals surface area contributed by atoms with Gasteiger partial charge in [-0.3, -0.25) is 9.89 Å². The largest absolute Gasteiger partial charge is 0.466 e. The molecule has 4 nitrogen and oxygen atoms in total. The molecule has 0 unspecified atom stereocenters. The van der Waals surface area contributed by atoms with E-state index in [0.717, 1.165) is 24.8 Å². The van der Waals surface area contributed by atoms with E-state index in [1.54, 1.807) is 6.20 Å². The fourth-order valence-electron chi connectivity index (χ4n) is 1.88. The van der Waals surface area contributed by atoms with Crippen LogP contribution in [-0.4, -0.2) is 22.8 Å². The number of aryl methyl sites for hydroxylation is 1. The van der Waals surface area contributed by atoms with Crippen LogP contribution in [0.1, 0.15) is 24.6 Å². The lowest BCUT2D eigenvalue weighted by atomic mass is 9.88. The monoisotopic (exact) mass is 194 g/mol. The first-order valence-corrected chi connectivity index (χ1v) is 4.99. The number of aromatic amines is 1. The Hall–Kier alpha value is -1.32. The van der Waals surface area contributed by atoms with Crippen molar-refractivity contribution in [1.82, 2.24) is 10.2 Å². The molecule has 0 aliphatic heterocycles. The van der Waals surface area contributed by atoms with Crippen molar-refractivity contribution in [3.8, 4) is 0 Å². The number of carbonyl (C=O) groups excluding carboxylic acids is 1. The maximum atomic E-state index is 11.5. The number of hydrogen-bond donors (Lipinski definition) is 1. The first kappa shape index (κ1) is 9.24. The van der Waals surface area contributed by atoms with Crippen molar-refractivity contribution in [2.75, 3.05) is 6.61 Å². The van der Waals surface area contributed by atoms with E-state index in [2.05, 4.69) is 10.2 Å². The van der Waals surface area contributed by atoms with Gasteiger partial charge in [0.1, 0.15) is 0 Å². The normalized spacial score (nSPS) is 20.2. The number of ether oxygens (including phenoxy) is 1. The molecule has 2 rings (SSSR count). The summed E-state index contributed by atoms with van der Waals surface area (Å²) in [5, 5.41) is 6.91. The molecule has 1 aromatic heterocycles. The highest BCUT2D eigenvalue weighted by Crippen LogP contribution is 2.24. The molecule has 14 heavy (non-hydrogen) atoms. The molecule has 0 spiro atoms. The zero-order valence-electron chi connectivity index (χ0n) is 8.25. The van der Waals surface area contributed by atoms with E-state index >= 15 is 0 Å². The minimum atomic E-state index is -0.0700. The molecule has 0 amide bonds. The van der Waals surface area contributed by atoms with Crippen molar-refractivity contribution in [2.24, 2.45) is 5.92 Å². The molecule has 0 radical (unpaired) electrons. The molecule has 1 atom stereocenters. The van der Waals surface area contributed by atoms with Gasteiger partial charge in [0.25, 0.3) is 0 Å². The maximum absolute atomic E-state index is 11.5. The SMILES string of the molecule is CCOC(=O)[C@H]1CCc2[nH]ncc2C1. The van der Waals surface area contributed by atoms with Crippen molar-refractivity contribution < 1.29 is 9.53 Å². The Balaban J connectivity index is 2.04. The van der Waals surface area contributed by atoms with E-state index < -0.39 is 0 Å². The molecule has 4 heteroatoms. The number of esters is 1. The summed E-state index contributed by atoms with van der Waals surface area (Å²) in [6.45, 7) is 2.30. The van der Waals surface area contributed by atoms with E-state index in [1.165, 1.54) is 5.69 Å². The summed E-state index contributed by atoms with van der Waals surface area (Å²) in [6, 6.07) is 0. The third-order valence-electron chi connectivity index (χ3n) is 2.64. The minimum absolute atomic E-state index is 0.0278. The summed E-state index contributed by atoms with van der Waals surface area (Å²) in [5.41, 5.74) is 2.33. The summed E-state index contributed by atoms with van der Waals surface area (Å²) >= 11 is 0. The van der Waals surface area contributed by atoms with Gasteiger partial charge in [-0.2, -0.15) is 5.10 Å². The summed E-state index contributed by atoms with van der Waals surface area (Å²) in [5.74, 6) is -0.0422. The van der Waals surface area contributed by atoms with E-state index in [0.29, 0.717) is 6.61 Å². The molecule has 1 N–H and O–H groups in total. The van der Waals surface area contributed by atoms with Crippen LogP contribution >= 0.6 is 0 Å². The third-order valence-corrected chi connectivity index (χ3v) is 2.64. The molecule has 0 saturated carbocycles. The van der Waals surface area contributed by atoms with Crippen LogP contribution in [0.3, 0.4) is 0 Å². The summed E-state index contributed by atoms with van der Waals surface area (Å²) in [7, 11) is 0. The predicted molar refractivity (Wildman–Crippen MR) is 50.7 cm³/mol. The van der Waals surface area contributed by atoms with Crippen LogP contribution in [-0.2, 0) is 22.4 Å². The number of rotatable bonds is 2. The Morgan fingerprint density at radius 2 is 2.64 bits per heavy atom. The van der Waals surface area contributed by atoms with Crippen molar-refractivity contribution in [2.45, 2.75) is 26.2 Å². The number of hydrogen-bond acceptors (Lipinski definition) is 3. The Kier molecular flexibility index (Phi) is 2.52. The van der Waals surface area contributed by atoms with Gasteiger partial charge in [0.05, 0.1) is 18.7 Å². The van der Waals surface area contributed by atoms with Crippen LogP contribution < -0.4 is 0 Å². The zero-order valence-corrected chi connectivity index (χ0v) is 8.25. The van der Waals surface area contributed by atoms with Crippen molar-refractivity contribution in [3.63, 3.8) is 0 Å². The highest BCUT2D eigenvalue weighted by molar-refractivity contribution is 5.73. The van der Waals surface area contributed by atoms with Crippen molar-refractivity contribution >= 4 is 5.97 Å². The number of H-pyrrole nitrogens is 1. The third kappa shape index (κ3) is 1.64. The summed E-state index contributed by atoms with van der Waals surface area (Å²) in [4.78, 5) is 11.5. The van der Waals surface area contributed by atoms with Crippen LogP contribution in [0.5, 0.6) is 0 Å². The molecular weight excluding hydrogens is 180 g/mol. The summed E-state index contributed by atoms with van der Waals surface area (Å²) in [6.07, 6.45) is 4.35. The van der Waals surface area contributed by atoms with E-state index in [-0.39, 0.29) is 11.9 Å². The second-order valence-corrected chi connectivity index (χ2v) is 3.57. The van der Waals surface area contributed by atoms with E-state index in [9.17, 15) is 4.79 Å². The van der Waals surface area contributed by atoms with E-state index in [1.807, 2.05) is 6.92 Å². The zero-order chi connectivity index (χ0) is 9.97. The fourth-order valence-corrected chi connectivity index (χ4v) is 1.88. The maximum Gasteiger partial charge on any atom is 0.309 e. The predicted octanol–water partition coefficient (Wildman–Crippen LogP) is 1.08. The van der Waals surface area contributed by atoms with Crippen LogP contribution in [0.2, 0.25) is 0 Å². The number of nitrogens with zero attached hydrogens (tertiary/aromatic N) is 1. The van der Waals surface area contributed by atoms with Gasteiger partial charge in [0, 0.05) is 5.69 Å². The van der Waals surface area contributed by atoms with Crippen molar-refractivity contribution in [1.29, 1.82) is 0 Å². The Labute approximate surface area is 82.7 Å². The van der Waals surface area contributed by atoms with Gasteiger partial charge >= 0.3 is 5.97 Å². The summed E-state index contributed by atoms with van der Waals surface area (Å²) < 4.78 is 5.00. The Morgan fingerprint density at radius 1 is 1.79 bits per heavy atom. The van der Waals surface area contributed by atoms with Gasteiger partial charge in [-0.15, -0.1) is 0 Å². The average Bonchev–Trinajstić information content (AvgIpc) is 2.64. The van der Waals surface area contributed by atoms with Crippen LogP contribution in [0, 0.1) is 5.92 Å². The molecule has 0 bridgehead atoms. The highest BCUT2D eigenvalue weighted by Gasteiger charge is 2.26. The molecule has 0 aromatic carbocycles. The van der Waals surface area contributed by atoms with Gasteiger partial charge in [0.2, 0.25) is 0 Å². The van der Waals surface area contributed by atoms with Gasteiger partial charge in [-0.25, -0.2) is 0 Å². The standard InChI is InChI=1S/C10H14N2O2/c1-2-14-10(13)7-3-4-9-8(5-7)6-11-12-9/h6-7H,2-5H2,1H3,(H,11,12)/t7-/m0/s1. The molecule has 76 valence electrons. The quantitative estimate of drug-likeness (QED) is 0.717. The van der Waals surface area contributed by atoms with Gasteiger partial charge < -0.3 is 4.74 Å². The molecule has 0 fully saturated rings. The molecule has 1 aliphatic carbocycles. The first-order chi connectivity index (χ1) is 6.81. The van der Waals surface area contributed by atoms with Gasteiger partial charge in [0.15, 0.2) is 0 Å². The first-order valence-electron chi connectivity index (χ1n) is 4.99. The van der Waals surface area contributed by atoms with Crippen LogP contribution in [0.15, 0.2) is 6.20 Å². The Bertz CT molecular complexity index is 333. The number of aromatic nitrogens is 2. The molecular formula is C10H14N2O2. The van der Waals surface area contributed by atoms with E-state index in [4.69, 9.17) is 4.74 Å². The number of nitrogens with one attached hydrogen (secondary N) is 1. The van der Waals surface area contributed by atoms with Crippen molar-refractivity contribution in [3.05, 3.63) is 17.5 Å². The molecule has 1 aromatic rings. The smallest absolute Gasteiger partial charge is 0.309 e. The highest BCUT2D eigenvalue weighted by atomic mass is 16.5. The lowest BCUT2D eigenvalue weighted by Gasteiger charge is -2.19. The second-order valence-electron chi connectivity index (χ2n) is 3.57. The molecule has 1 heterocycles. The van der Waals surface area contributed by atoms with Crippen LogP contribution in [0.25, 0.3) is 0 Å². The average molecular weight is 194 g/mol. The van der Waals surface area contributed by atoms with Crippen LogP contribution in [0.4, 0.5) is 0 Å². The second kappa shape index (κ2) is 3.82. The fraction of sp³-hybridized carbons (Fsp3) is 0.600. The molecule has 1 aliphatic rings.